The molecule has 0 radical (unpaired) electrons. The van der Waals surface area contributed by atoms with Crippen molar-refractivity contribution in [1.29, 1.82) is 0 Å². The molecular formula is C26H30Cl2N2O4. The van der Waals surface area contributed by atoms with Gasteiger partial charge >= 0.3 is 0 Å². The topological polar surface area (TPSA) is 71.0 Å². The number of nitrogens with one attached hydrogen (secondary N) is 1. The quantitative estimate of drug-likeness (QED) is 0.532. The summed E-state index contributed by atoms with van der Waals surface area (Å²) < 4.78 is 11.7. The van der Waals surface area contributed by atoms with Crippen LogP contribution in [0.4, 0.5) is 0 Å². The number of carbonyl (C=O) groups is 1. The summed E-state index contributed by atoms with van der Waals surface area (Å²) in [4.78, 5) is 15.6. The van der Waals surface area contributed by atoms with Crippen LogP contribution >= 0.6 is 23.2 Å². The Balaban J connectivity index is 1.09. The van der Waals surface area contributed by atoms with Gasteiger partial charge in [0.05, 0.1) is 12.7 Å². The SMILES string of the molecule is O=C(N[C@H]1C[C@H]2CC[C@@H](C1)N2CCCOc1ccc(Cl)cc1)[C@H]1C[C@@H](O)c2cc(Cl)ccc2O1. The molecule has 3 heterocycles. The Morgan fingerprint density at radius 2 is 1.76 bits per heavy atom. The highest BCUT2D eigenvalue weighted by Gasteiger charge is 2.41. The third-order valence-corrected chi connectivity index (χ3v) is 7.69. The van der Waals surface area contributed by atoms with E-state index in [1.54, 1.807) is 18.2 Å². The average molecular weight is 505 g/mol. The smallest absolute Gasteiger partial charge is 0.261 e. The number of halogens is 2. The lowest BCUT2D eigenvalue weighted by atomic mass is 9.95. The van der Waals surface area contributed by atoms with Crippen molar-refractivity contribution in [2.24, 2.45) is 0 Å². The summed E-state index contributed by atoms with van der Waals surface area (Å²) in [5.74, 6) is 1.22. The first kappa shape index (κ1) is 23.7. The number of amides is 1. The average Bonchev–Trinajstić information content (AvgIpc) is 3.06. The zero-order valence-electron chi connectivity index (χ0n) is 19.0. The fourth-order valence-electron chi connectivity index (χ4n) is 5.60. The van der Waals surface area contributed by atoms with Crippen molar-refractivity contribution in [3.8, 4) is 11.5 Å². The van der Waals surface area contributed by atoms with E-state index >= 15 is 0 Å². The van der Waals surface area contributed by atoms with E-state index in [0.717, 1.165) is 31.6 Å². The van der Waals surface area contributed by atoms with E-state index in [1.165, 1.54) is 12.8 Å². The lowest BCUT2D eigenvalue weighted by Crippen LogP contribution is -2.53. The molecule has 182 valence electrons. The molecule has 2 aromatic rings. The van der Waals surface area contributed by atoms with Gasteiger partial charge in [-0.1, -0.05) is 23.2 Å². The van der Waals surface area contributed by atoms with Crippen molar-refractivity contribution in [1.82, 2.24) is 10.2 Å². The van der Waals surface area contributed by atoms with Gasteiger partial charge in [0.15, 0.2) is 6.10 Å². The van der Waals surface area contributed by atoms with Gasteiger partial charge in [0, 0.05) is 46.7 Å². The highest BCUT2D eigenvalue weighted by molar-refractivity contribution is 6.30. The molecule has 2 saturated heterocycles. The third kappa shape index (κ3) is 5.30. The minimum Gasteiger partial charge on any atom is -0.494 e. The van der Waals surface area contributed by atoms with Gasteiger partial charge in [0.1, 0.15) is 11.5 Å². The predicted octanol–water partition coefficient (Wildman–Crippen LogP) is 4.76. The van der Waals surface area contributed by atoms with Crippen LogP contribution in [0, 0.1) is 0 Å². The number of ether oxygens (including phenoxy) is 2. The van der Waals surface area contributed by atoms with Crippen LogP contribution in [0.15, 0.2) is 42.5 Å². The molecule has 3 aliphatic rings. The highest BCUT2D eigenvalue weighted by atomic mass is 35.5. The summed E-state index contributed by atoms with van der Waals surface area (Å²) in [6.07, 6.45) is 3.98. The van der Waals surface area contributed by atoms with E-state index in [-0.39, 0.29) is 18.4 Å². The molecule has 8 heteroatoms. The molecule has 0 aromatic heterocycles. The van der Waals surface area contributed by atoms with E-state index in [1.807, 2.05) is 24.3 Å². The van der Waals surface area contributed by atoms with E-state index in [9.17, 15) is 9.90 Å². The van der Waals surface area contributed by atoms with Crippen molar-refractivity contribution >= 4 is 29.1 Å². The summed E-state index contributed by atoms with van der Waals surface area (Å²) >= 11 is 11.9. The normalized spacial score (nSPS) is 28.1. The first-order valence-corrected chi connectivity index (χ1v) is 12.8. The Labute approximate surface area is 210 Å². The Morgan fingerprint density at radius 1 is 1.06 bits per heavy atom. The van der Waals surface area contributed by atoms with Crippen molar-refractivity contribution < 1.29 is 19.4 Å². The number of aliphatic hydroxyl groups is 1. The van der Waals surface area contributed by atoms with E-state index in [2.05, 4.69) is 10.2 Å². The monoisotopic (exact) mass is 504 g/mol. The first-order valence-electron chi connectivity index (χ1n) is 12.0. The van der Waals surface area contributed by atoms with Gasteiger partial charge in [0.25, 0.3) is 5.91 Å². The second kappa shape index (κ2) is 10.3. The number of hydrogen-bond acceptors (Lipinski definition) is 5. The second-order valence-corrected chi connectivity index (χ2v) is 10.4. The van der Waals surface area contributed by atoms with Crippen LogP contribution in [-0.4, -0.2) is 53.3 Å². The van der Waals surface area contributed by atoms with Crippen molar-refractivity contribution in [3.05, 3.63) is 58.1 Å². The number of benzene rings is 2. The Kier molecular flexibility index (Phi) is 7.21. The summed E-state index contributed by atoms with van der Waals surface area (Å²) in [5.41, 5.74) is 0.642. The molecule has 2 fully saturated rings. The van der Waals surface area contributed by atoms with Crippen LogP contribution in [0.2, 0.25) is 10.0 Å². The number of piperidine rings is 1. The highest BCUT2D eigenvalue weighted by Crippen LogP contribution is 2.38. The predicted molar refractivity (Wildman–Crippen MR) is 132 cm³/mol. The van der Waals surface area contributed by atoms with E-state index < -0.39 is 12.2 Å². The number of rotatable bonds is 7. The molecule has 0 unspecified atom stereocenters. The van der Waals surface area contributed by atoms with Crippen LogP contribution < -0.4 is 14.8 Å². The molecule has 1 amide bonds. The van der Waals surface area contributed by atoms with Crippen LogP contribution in [-0.2, 0) is 4.79 Å². The molecular weight excluding hydrogens is 475 g/mol. The molecule has 0 aliphatic carbocycles. The summed E-state index contributed by atoms with van der Waals surface area (Å²) in [5, 5.41) is 14.9. The molecule has 34 heavy (non-hydrogen) atoms. The fraction of sp³-hybridized carbons (Fsp3) is 0.500. The lowest BCUT2D eigenvalue weighted by molar-refractivity contribution is -0.131. The molecule has 2 bridgehead atoms. The molecule has 5 atom stereocenters. The maximum atomic E-state index is 13.0. The van der Waals surface area contributed by atoms with Crippen LogP contribution in [0.3, 0.4) is 0 Å². The van der Waals surface area contributed by atoms with Gasteiger partial charge in [-0.05, 0) is 74.6 Å². The second-order valence-electron chi connectivity index (χ2n) is 9.50. The van der Waals surface area contributed by atoms with Crippen LogP contribution in [0.1, 0.15) is 50.2 Å². The molecule has 2 N–H and O–H groups in total. The van der Waals surface area contributed by atoms with Gasteiger partial charge in [-0.2, -0.15) is 0 Å². The van der Waals surface area contributed by atoms with Gasteiger partial charge in [-0.25, -0.2) is 0 Å². The Bertz CT molecular complexity index is 1000. The van der Waals surface area contributed by atoms with Crippen LogP contribution in [0.5, 0.6) is 11.5 Å². The minimum atomic E-state index is -0.758. The zero-order valence-corrected chi connectivity index (χ0v) is 20.5. The number of hydrogen-bond donors (Lipinski definition) is 2. The van der Waals surface area contributed by atoms with E-state index in [0.29, 0.717) is 40.0 Å². The minimum absolute atomic E-state index is 0.138. The zero-order chi connectivity index (χ0) is 23.7. The van der Waals surface area contributed by atoms with Gasteiger partial charge in [-0.15, -0.1) is 0 Å². The molecule has 5 rings (SSSR count). The van der Waals surface area contributed by atoms with Crippen LogP contribution in [0.25, 0.3) is 0 Å². The lowest BCUT2D eigenvalue weighted by Gasteiger charge is -2.40. The van der Waals surface area contributed by atoms with Crippen molar-refractivity contribution in [2.45, 2.75) is 68.9 Å². The molecule has 2 aromatic carbocycles. The molecule has 6 nitrogen and oxygen atoms in total. The molecule has 0 saturated carbocycles. The maximum Gasteiger partial charge on any atom is 0.261 e. The Morgan fingerprint density at radius 3 is 2.50 bits per heavy atom. The van der Waals surface area contributed by atoms with E-state index in [4.69, 9.17) is 32.7 Å². The van der Waals surface area contributed by atoms with Gasteiger partial charge < -0.3 is 19.9 Å². The first-order chi connectivity index (χ1) is 16.5. The summed E-state index contributed by atoms with van der Waals surface area (Å²) in [6, 6.07) is 13.7. The number of fused-ring (bicyclic) bond motifs is 3. The molecule has 3 aliphatic heterocycles. The standard InChI is InChI=1S/C26H30Cl2N2O4/c27-16-2-7-21(8-3-16)33-11-1-10-30-19-5-6-20(30)14-18(13-19)29-26(32)25-15-23(31)22-12-17(28)4-9-24(22)34-25/h2-4,7-9,12,18-20,23,25,31H,1,5-6,10-11,13-15H2,(H,29,32)/t18-,19+,20-,23-,25-/m1/s1. The Hall–Kier alpha value is -1.99. The van der Waals surface area contributed by atoms with Crippen molar-refractivity contribution in [3.63, 3.8) is 0 Å². The van der Waals surface area contributed by atoms with Gasteiger partial charge in [-0.3, -0.25) is 9.69 Å². The molecule has 0 spiro atoms. The number of nitrogens with zero attached hydrogens (tertiary/aromatic N) is 1. The largest absolute Gasteiger partial charge is 0.494 e. The summed E-state index contributed by atoms with van der Waals surface area (Å²) in [7, 11) is 0. The number of carbonyl (C=O) groups excluding carboxylic acids is 1. The maximum absolute atomic E-state index is 13.0. The fourth-order valence-corrected chi connectivity index (χ4v) is 5.90. The van der Waals surface area contributed by atoms with Gasteiger partial charge in [0.2, 0.25) is 0 Å². The number of aliphatic hydroxyl groups excluding tert-OH is 1. The summed E-state index contributed by atoms with van der Waals surface area (Å²) in [6.45, 7) is 1.67. The van der Waals surface area contributed by atoms with Crippen molar-refractivity contribution in [2.75, 3.05) is 13.2 Å². The third-order valence-electron chi connectivity index (χ3n) is 7.20.